The van der Waals surface area contributed by atoms with Gasteiger partial charge in [0.2, 0.25) is 0 Å². The number of hydrogen-bond acceptors (Lipinski definition) is 2. The lowest BCUT2D eigenvalue weighted by Crippen LogP contribution is -2.25. The van der Waals surface area contributed by atoms with Crippen molar-refractivity contribution in [2.75, 3.05) is 13.2 Å². The minimum Gasteiger partial charge on any atom is -0.493 e. The molecular formula is C17H18BrNO. The summed E-state index contributed by atoms with van der Waals surface area (Å²) in [5.74, 6) is 1.48. The fourth-order valence-corrected chi connectivity index (χ4v) is 3.28. The van der Waals surface area contributed by atoms with E-state index >= 15 is 0 Å². The summed E-state index contributed by atoms with van der Waals surface area (Å²) in [5.41, 5.74) is 2.61. The second-order valence-corrected chi connectivity index (χ2v) is 6.05. The largest absolute Gasteiger partial charge is 0.493 e. The number of hydrogen-bond donors (Lipinski definition) is 1. The Balaban J connectivity index is 1.65. The van der Waals surface area contributed by atoms with E-state index in [0.717, 1.165) is 23.4 Å². The molecule has 1 unspecified atom stereocenters. The molecule has 3 heteroatoms. The van der Waals surface area contributed by atoms with Crippen LogP contribution in [0.2, 0.25) is 0 Å². The average Bonchev–Trinajstić information content (AvgIpc) is 2.88. The number of benzene rings is 2. The molecule has 1 heterocycles. The molecule has 1 aliphatic heterocycles. The van der Waals surface area contributed by atoms with E-state index in [-0.39, 0.29) is 0 Å². The first-order valence-corrected chi connectivity index (χ1v) is 7.74. The van der Waals surface area contributed by atoms with Gasteiger partial charge in [-0.15, -0.1) is 0 Å². The van der Waals surface area contributed by atoms with Crippen LogP contribution in [-0.2, 0) is 0 Å². The van der Waals surface area contributed by atoms with Crippen LogP contribution in [0, 0.1) is 0 Å². The summed E-state index contributed by atoms with van der Waals surface area (Å²) in [4.78, 5) is 0. The quantitative estimate of drug-likeness (QED) is 0.902. The van der Waals surface area contributed by atoms with Crippen LogP contribution < -0.4 is 10.1 Å². The Bertz CT molecular complexity index is 599. The fraction of sp³-hybridized carbons (Fsp3) is 0.294. The van der Waals surface area contributed by atoms with Crippen molar-refractivity contribution in [3.8, 4) is 5.75 Å². The molecule has 2 aromatic rings. The van der Waals surface area contributed by atoms with E-state index in [2.05, 4.69) is 58.5 Å². The minimum atomic E-state index is 0.318. The summed E-state index contributed by atoms with van der Waals surface area (Å²) in [6.07, 6.45) is 0. The van der Waals surface area contributed by atoms with Gasteiger partial charge in [0, 0.05) is 28.5 Å². The Hall–Kier alpha value is -1.32. The zero-order valence-corrected chi connectivity index (χ0v) is 13.1. The highest BCUT2D eigenvalue weighted by Crippen LogP contribution is 2.33. The maximum atomic E-state index is 5.72. The molecule has 0 fully saturated rings. The van der Waals surface area contributed by atoms with E-state index in [0.29, 0.717) is 12.0 Å². The van der Waals surface area contributed by atoms with Gasteiger partial charge >= 0.3 is 0 Å². The second-order valence-electron chi connectivity index (χ2n) is 5.20. The first kappa shape index (κ1) is 13.7. The highest BCUT2D eigenvalue weighted by Gasteiger charge is 2.23. The van der Waals surface area contributed by atoms with Gasteiger partial charge in [-0.25, -0.2) is 0 Å². The maximum Gasteiger partial charge on any atom is 0.122 e. The number of halogens is 1. The van der Waals surface area contributed by atoms with Gasteiger partial charge in [0.25, 0.3) is 0 Å². The van der Waals surface area contributed by atoms with Crippen LogP contribution >= 0.6 is 15.9 Å². The summed E-state index contributed by atoms with van der Waals surface area (Å²) >= 11 is 3.61. The van der Waals surface area contributed by atoms with E-state index in [1.807, 2.05) is 18.2 Å². The molecule has 0 radical (unpaired) electrons. The first-order chi connectivity index (χ1) is 9.75. The lowest BCUT2D eigenvalue weighted by Gasteiger charge is -2.18. The molecule has 104 valence electrons. The Morgan fingerprint density at radius 1 is 1.20 bits per heavy atom. The smallest absolute Gasteiger partial charge is 0.122 e. The Morgan fingerprint density at radius 2 is 1.95 bits per heavy atom. The minimum absolute atomic E-state index is 0.318. The summed E-state index contributed by atoms with van der Waals surface area (Å²) in [7, 11) is 0. The van der Waals surface area contributed by atoms with Gasteiger partial charge in [0.15, 0.2) is 0 Å². The summed E-state index contributed by atoms with van der Waals surface area (Å²) in [6.45, 7) is 3.90. The third kappa shape index (κ3) is 2.74. The van der Waals surface area contributed by atoms with Crippen molar-refractivity contribution in [2.24, 2.45) is 0 Å². The van der Waals surface area contributed by atoms with E-state index < -0.39 is 0 Å². The van der Waals surface area contributed by atoms with E-state index in [9.17, 15) is 0 Å². The summed E-state index contributed by atoms with van der Waals surface area (Å²) < 4.78 is 6.88. The number of para-hydroxylation sites is 1. The number of nitrogens with one attached hydrogen (secondary N) is 1. The van der Waals surface area contributed by atoms with Crippen molar-refractivity contribution < 1.29 is 4.74 Å². The van der Waals surface area contributed by atoms with Crippen molar-refractivity contribution >= 4 is 15.9 Å². The lowest BCUT2D eigenvalue weighted by atomic mass is 10.0. The van der Waals surface area contributed by atoms with Crippen LogP contribution in [0.5, 0.6) is 5.75 Å². The van der Waals surface area contributed by atoms with Gasteiger partial charge < -0.3 is 10.1 Å². The Kier molecular flexibility index (Phi) is 4.08. The standard InChI is InChI=1S/C17H18BrNO/c1-12(14-6-2-4-8-16(14)18)19-10-13-11-20-17-9-5-3-7-15(13)17/h2-9,12-13,19H,10-11H2,1H3/t12-,13?/m0/s1. The van der Waals surface area contributed by atoms with Crippen molar-refractivity contribution in [1.29, 1.82) is 0 Å². The molecule has 2 nitrogen and oxygen atoms in total. The molecule has 0 aliphatic carbocycles. The normalized spacial score (nSPS) is 18.4. The third-order valence-corrected chi connectivity index (χ3v) is 4.56. The van der Waals surface area contributed by atoms with E-state index in [1.54, 1.807) is 0 Å². The van der Waals surface area contributed by atoms with Crippen LogP contribution in [0.3, 0.4) is 0 Å². The Labute approximate surface area is 128 Å². The van der Waals surface area contributed by atoms with Gasteiger partial charge in [0.05, 0.1) is 6.61 Å². The van der Waals surface area contributed by atoms with Gasteiger partial charge in [0.1, 0.15) is 5.75 Å². The van der Waals surface area contributed by atoms with Crippen molar-refractivity contribution in [1.82, 2.24) is 5.32 Å². The van der Waals surface area contributed by atoms with Gasteiger partial charge in [-0.05, 0) is 24.6 Å². The fourth-order valence-electron chi connectivity index (χ4n) is 2.65. The molecule has 0 aromatic heterocycles. The van der Waals surface area contributed by atoms with Gasteiger partial charge in [-0.1, -0.05) is 52.3 Å². The van der Waals surface area contributed by atoms with Crippen molar-refractivity contribution in [3.05, 3.63) is 64.1 Å². The van der Waals surface area contributed by atoms with Crippen LogP contribution in [0.15, 0.2) is 53.0 Å². The molecule has 0 bridgehead atoms. The topological polar surface area (TPSA) is 21.3 Å². The second kappa shape index (κ2) is 5.98. The van der Waals surface area contributed by atoms with Crippen LogP contribution in [0.25, 0.3) is 0 Å². The highest BCUT2D eigenvalue weighted by molar-refractivity contribution is 9.10. The number of ether oxygens (including phenoxy) is 1. The van der Waals surface area contributed by atoms with Crippen LogP contribution in [0.1, 0.15) is 30.0 Å². The van der Waals surface area contributed by atoms with E-state index in [4.69, 9.17) is 4.74 Å². The zero-order chi connectivity index (χ0) is 13.9. The lowest BCUT2D eigenvalue weighted by molar-refractivity contribution is 0.323. The van der Waals surface area contributed by atoms with Crippen LogP contribution in [-0.4, -0.2) is 13.2 Å². The predicted octanol–water partition coefficient (Wildman–Crippen LogP) is 4.28. The molecule has 0 amide bonds. The first-order valence-electron chi connectivity index (χ1n) is 6.95. The van der Waals surface area contributed by atoms with Crippen LogP contribution in [0.4, 0.5) is 0 Å². The molecule has 1 aliphatic rings. The molecular weight excluding hydrogens is 314 g/mol. The summed E-state index contributed by atoms with van der Waals surface area (Å²) in [5, 5.41) is 3.61. The molecule has 20 heavy (non-hydrogen) atoms. The molecule has 0 spiro atoms. The van der Waals surface area contributed by atoms with Crippen molar-refractivity contribution in [2.45, 2.75) is 18.9 Å². The van der Waals surface area contributed by atoms with E-state index in [1.165, 1.54) is 11.1 Å². The highest BCUT2D eigenvalue weighted by atomic mass is 79.9. The maximum absolute atomic E-state index is 5.72. The number of fused-ring (bicyclic) bond motifs is 1. The third-order valence-electron chi connectivity index (χ3n) is 3.84. The SMILES string of the molecule is C[C@H](NCC1COc2ccccc21)c1ccccc1Br. The summed E-state index contributed by atoms with van der Waals surface area (Å²) in [6, 6.07) is 17.0. The Morgan fingerprint density at radius 3 is 2.80 bits per heavy atom. The van der Waals surface area contributed by atoms with Crippen molar-refractivity contribution in [3.63, 3.8) is 0 Å². The van der Waals surface area contributed by atoms with Gasteiger partial charge in [-0.3, -0.25) is 0 Å². The molecule has 2 atom stereocenters. The molecule has 1 N–H and O–H groups in total. The zero-order valence-electron chi connectivity index (χ0n) is 11.5. The average molecular weight is 332 g/mol. The van der Waals surface area contributed by atoms with Gasteiger partial charge in [-0.2, -0.15) is 0 Å². The predicted molar refractivity (Wildman–Crippen MR) is 85.2 cm³/mol. The molecule has 0 saturated carbocycles. The molecule has 0 saturated heterocycles. The monoisotopic (exact) mass is 331 g/mol. The number of rotatable bonds is 4. The molecule has 2 aromatic carbocycles. The molecule has 3 rings (SSSR count).